The van der Waals surface area contributed by atoms with Crippen molar-refractivity contribution in [3.8, 4) is 0 Å². The zero-order chi connectivity index (χ0) is 9.52. The highest BCUT2D eigenvalue weighted by atomic mass is 19.1. The van der Waals surface area contributed by atoms with Crippen molar-refractivity contribution in [2.24, 2.45) is 0 Å². The van der Waals surface area contributed by atoms with Crippen LogP contribution in [0, 0.1) is 5.82 Å². The van der Waals surface area contributed by atoms with E-state index in [0.717, 1.165) is 11.8 Å². The molecule has 0 heterocycles. The summed E-state index contributed by atoms with van der Waals surface area (Å²) in [4.78, 5) is 9.96. The Kier molecular flexibility index (Phi) is 3.89. The van der Waals surface area contributed by atoms with Gasteiger partial charge in [0.25, 0.3) is 0 Å². The summed E-state index contributed by atoms with van der Waals surface area (Å²) in [5.41, 5.74) is 0.919. The van der Waals surface area contributed by atoms with Gasteiger partial charge in [0.1, 0.15) is 12.1 Å². The third-order valence-electron chi connectivity index (χ3n) is 1.64. The van der Waals surface area contributed by atoms with Crippen molar-refractivity contribution >= 4 is 6.29 Å². The van der Waals surface area contributed by atoms with Crippen LogP contribution >= 0.6 is 0 Å². The van der Waals surface area contributed by atoms with E-state index >= 15 is 0 Å². The molecule has 0 radical (unpaired) electrons. The molecule has 0 saturated heterocycles. The number of aldehydes is 1. The number of halogens is 1. The van der Waals surface area contributed by atoms with E-state index in [0.29, 0.717) is 12.8 Å². The molecule has 0 atom stereocenters. The summed E-state index contributed by atoms with van der Waals surface area (Å²) in [5.74, 6) is -0.221. The average molecular weight is 178 g/mol. The summed E-state index contributed by atoms with van der Waals surface area (Å²) in [7, 11) is 0. The molecule has 0 aliphatic heterocycles. The highest BCUT2D eigenvalue weighted by Crippen LogP contribution is 2.04. The van der Waals surface area contributed by atoms with Crippen molar-refractivity contribution in [1.82, 2.24) is 0 Å². The first-order valence-corrected chi connectivity index (χ1v) is 4.16. The SMILES string of the molecule is O=CCC=CCc1cccc(F)c1. The van der Waals surface area contributed by atoms with Crippen LogP contribution < -0.4 is 0 Å². The molecule has 13 heavy (non-hydrogen) atoms. The van der Waals surface area contributed by atoms with E-state index in [1.54, 1.807) is 12.1 Å². The maximum atomic E-state index is 12.7. The van der Waals surface area contributed by atoms with E-state index in [2.05, 4.69) is 0 Å². The van der Waals surface area contributed by atoms with Gasteiger partial charge in [-0.1, -0.05) is 24.3 Å². The Labute approximate surface area is 76.9 Å². The van der Waals surface area contributed by atoms with Crippen LogP contribution in [0.3, 0.4) is 0 Å². The molecule has 1 rings (SSSR count). The van der Waals surface area contributed by atoms with E-state index in [1.165, 1.54) is 12.1 Å². The Hall–Kier alpha value is -1.44. The molecule has 1 aromatic carbocycles. The van der Waals surface area contributed by atoms with Crippen molar-refractivity contribution < 1.29 is 9.18 Å². The molecule has 0 bridgehead atoms. The molecule has 1 nitrogen and oxygen atoms in total. The van der Waals surface area contributed by atoms with E-state index in [-0.39, 0.29) is 5.82 Å². The fraction of sp³-hybridized carbons (Fsp3) is 0.182. The van der Waals surface area contributed by atoms with Gasteiger partial charge in [-0.2, -0.15) is 0 Å². The fourth-order valence-electron chi connectivity index (χ4n) is 1.04. The Morgan fingerprint density at radius 1 is 1.31 bits per heavy atom. The monoisotopic (exact) mass is 178 g/mol. The Bertz CT molecular complexity index is 305. The minimum absolute atomic E-state index is 0.221. The minimum atomic E-state index is -0.221. The largest absolute Gasteiger partial charge is 0.303 e. The van der Waals surface area contributed by atoms with Gasteiger partial charge in [0.2, 0.25) is 0 Å². The van der Waals surface area contributed by atoms with Crippen LogP contribution in [0.25, 0.3) is 0 Å². The summed E-state index contributed by atoms with van der Waals surface area (Å²) in [5, 5.41) is 0. The maximum Gasteiger partial charge on any atom is 0.123 e. The second-order valence-corrected chi connectivity index (χ2v) is 2.71. The normalized spacial score (nSPS) is 10.5. The molecule has 0 unspecified atom stereocenters. The predicted octanol–water partition coefficient (Wildman–Crippen LogP) is 2.51. The first-order chi connectivity index (χ1) is 6.33. The van der Waals surface area contributed by atoms with Gasteiger partial charge in [0.15, 0.2) is 0 Å². The van der Waals surface area contributed by atoms with Crippen LogP contribution in [0.15, 0.2) is 36.4 Å². The average Bonchev–Trinajstić information content (AvgIpc) is 2.13. The topological polar surface area (TPSA) is 17.1 Å². The molecule has 0 aromatic heterocycles. The second kappa shape index (κ2) is 5.25. The molecule has 1 aromatic rings. The zero-order valence-corrected chi connectivity index (χ0v) is 7.24. The summed E-state index contributed by atoms with van der Waals surface area (Å²) < 4.78 is 12.7. The number of hydrogen-bond acceptors (Lipinski definition) is 1. The van der Waals surface area contributed by atoms with Crippen LogP contribution in [0.4, 0.5) is 4.39 Å². The van der Waals surface area contributed by atoms with Crippen molar-refractivity contribution in [3.63, 3.8) is 0 Å². The van der Waals surface area contributed by atoms with Gasteiger partial charge in [-0.05, 0) is 24.1 Å². The zero-order valence-electron chi connectivity index (χ0n) is 7.24. The molecular weight excluding hydrogens is 167 g/mol. The van der Waals surface area contributed by atoms with Gasteiger partial charge in [0.05, 0.1) is 0 Å². The van der Waals surface area contributed by atoms with Crippen LogP contribution in [-0.2, 0) is 11.2 Å². The third-order valence-corrected chi connectivity index (χ3v) is 1.64. The van der Waals surface area contributed by atoms with E-state index in [1.807, 2.05) is 12.1 Å². The quantitative estimate of drug-likeness (QED) is 0.511. The Balaban J connectivity index is 2.49. The summed E-state index contributed by atoms with van der Waals surface area (Å²) >= 11 is 0. The Morgan fingerprint density at radius 2 is 2.15 bits per heavy atom. The lowest BCUT2D eigenvalue weighted by Gasteiger charge is -1.94. The molecule has 0 aliphatic carbocycles. The molecule has 0 aliphatic rings. The van der Waals surface area contributed by atoms with E-state index in [4.69, 9.17) is 0 Å². The van der Waals surface area contributed by atoms with Crippen molar-refractivity contribution in [1.29, 1.82) is 0 Å². The molecule has 0 amide bonds. The third kappa shape index (κ3) is 3.65. The van der Waals surface area contributed by atoms with Crippen molar-refractivity contribution in [2.45, 2.75) is 12.8 Å². The molecule has 2 heteroatoms. The van der Waals surface area contributed by atoms with Crippen molar-refractivity contribution in [3.05, 3.63) is 47.8 Å². The number of rotatable bonds is 4. The second-order valence-electron chi connectivity index (χ2n) is 2.71. The van der Waals surface area contributed by atoms with E-state index in [9.17, 15) is 9.18 Å². The fourth-order valence-corrected chi connectivity index (χ4v) is 1.04. The van der Waals surface area contributed by atoms with E-state index < -0.39 is 0 Å². The lowest BCUT2D eigenvalue weighted by Crippen LogP contribution is -1.82. The summed E-state index contributed by atoms with van der Waals surface area (Å²) in [6.07, 6.45) is 5.57. The van der Waals surface area contributed by atoms with Crippen LogP contribution in [0.2, 0.25) is 0 Å². The van der Waals surface area contributed by atoms with Gasteiger partial charge in [-0.25, -0.2) is 4.39 Å². The predicted molar refractivity (Wildman–Crippen MR) is 49.9 cm³/mol. The lowest BCUT2D eigenvalue weighted by atomic mass is 10.1. The number of carbonyl (C=O) groups excluding carboxylic acids is 1. The standard InChI is InChI=1S/C11H11FO/c12-11-7-4-6-10(9-11)5-2-1-3-8-13/h1-2,4,6-9H,3,5H2. The number of carbonyl (C=O) groups is 1. The molecule has 0 saturated carbocycles. The van der Waals surface area contributed by atoms with Crippen molar-refractivity contribution in [2.75, 3.05) is 0 Å². The van der Waals surface area contributed by atoms with Gasteiger partial charge >= 0.3 is 0 Å². The number of hydrogen-bond donors (Lipinski definition) is 0. The summed E-state index contributed by atoms with van der Waals surface area (Å²) in [6.45, 7) is 0. The van der Waals surface area contributed by atoms with Crippen LogP contribution in [0.1, 0.15) is 12.0 Å². The van der Waals surface area contributed by atoms with Gasteiger partial charge < -0.3 is 4.79 Å². The number of allylic oxidation sites excluding steroid dienone is 2. The first kappa shape index (κ1) is 9.65. The van der Waals surface area contributed by atoms with Crippen LogP contribution in [-0.4, -0.2) is 6.29 Å². The van der Waals surface area contributed by atoms with Gasteiger partial charge in [-0.3, -0.25) is 0 Å². The van der Waals surface area contributed by atoms with Gasteiger partial charge in [0, 0.05) is 6.42 Å². The maximum absolute atomic E-state index is 12.7. The molecule has 0 spiro atoms. The minimum Gasteiger partial charge on any atom is -0.303 e. The van der Waals surface area contributed by atoms with Gasteiger partial charge in [-0.15, -0.1) is 0 Å². The summed E-state index contributed by atoms with van der Waals surface area (Å²) in [6, 6.07) is 6.44. The molecule has 68 valence electrons. The first-order valence-electron chi connectivity index (χ1n) is 4.16. The Morgan fingerprint density at radius 3 is 2.85 bits per heavy atom. The highest BCUT2D eigenvalue weighted by Gasteiger charge is 1.91. The molecule has 0 fully saturated rings. The lowest BCUT2D eigenvalue weighted by molar-refractivity contribution is -0.107. The van der Waals surface area contributed by atoms with Crippen LogP contribution in [0.5, 0.6) is 0 Å². The molecule has 0 N–H and O–H groups in total. The highest BCUT2D eigenvalue weighted by molar-refractivity contribution is 5.51. The molecular formula is C11H11FO. The smallest absolute Gasteiger partial charge is 0.123 e. The number of benzene rings is 1.